The summed E-state index contributed by atoms with van der Waals surface area (Å²) in [6.07, 6.45) is 0. The van der Waals surface area contributed by atoms with Crippen molar-refractivity contribution in [2.45, 2.75) is 32.0 Å². The average molecular weight is 263 g/mol. The Balaban J connectivity index is 1.86. The minimum Gasteiger partial charge on any atom is -0.333 e. The van der Waals surface area contributed by atoms with Gasteiger partial charge in [-0.2, -0.15) is 0 Å². The molecule has 0 aliphatic heterocycles. The standard InChI is InChI=1S/C14H21N3S/c1-10(2)15-8-11(3)9-18-14-16-12-6-4-5-7-13(12)17-14/h4-7,10-11,15H,8-9H2,1-3H3,(H,16,17). The summed E-state index contributed by atoms with van der Waals surface area (Å²) in [6, 6.07) is 8.72. The van der Waals surface area contributed by atoms with Crippen LogP contribution < -0.4 is 5.32 Å². The van der Waals surface area contributed by atoms with Crippen molar-refractivity contribution >= 4 is 22.8 Å². The normalized spacial score (nSPS) is 13.3. The summed E-state index contributed by atoms with van der Waals surface area (Å²) in [4.78, 5) is 7.91. The highest BCUT2D eigenvalue weighted by atomic mass is 32.2. The Morgan fingerprint density at radius 1 is 1.28 bits per heavy atom. The number of nitrogens with zero attached hydrogens (tertiary/aromatic N) is 1. The van der Waals surface area contributed by atoms with Gasteiger partial charge < -0.3 is 10.3 Å². The Labute approximate surface area is 113 Å². The van der Waals surface area contributed by atoms with Crippen LogP contribution in [-0.4, -0.2) is 28.3 Å². The zero-order valence-electron chi connectivity index (χ0n) is 11.2. The van der Waals surface area contributed by atoms with Crippen molar-refractivity contribution in [2.75, 3.05) is 12.3 Å². The molecule has 0 radical (unpaired) electrons. The molecule has 2 N–H and O–H groups in total. The molecule has 0 fully saturated rings. The SMILES string of the molecule is CC(CNC(C)C)CSc1nc2ccccc2[nH]1. The van der Waals surface area contributed by atoms with Crippen molar-refractivity contribution in [1.82, 2.24) is 15.3 Å². The third-order valence-corrected chi connectivity index (χ3v) is 3.95. The first-order chi connectivity index (χ1) is 8.65. The Morgan fingerprint density at radius 3 is 2.78 bits per heavy atom. The van der Waals surface area contributed by atoms with Crippen molar-refractivity contribution in [3.8, 4) is 0 Å². The molecule has 0 amide bonds. The zero-order valence-corrected chi connectivity index (χ0v) is 12.1. The summed E-state index contributed by atoms with van der Waals surface area (Å²) in [5, 5.41) is 4.49. The van der Waals surface area contributed by atoms with Crippen LogP contribution in [0.4, 0.5) is 0 Å². The Bertz CT molecular complexity index is 459. The van der Waals surface area contributed by atoms with E-state index in [-0.39, 0.29) is 0 Å². The number of rotatable bonds is 6. The van der Waals surface area contributed by atoms with Crippen LogP contribution in [0.5, 0.6) is 0 Å². The molecule has 0 aliphatic carbocycles. The largest absolute Gasteiger partial charge is 0.333 e. The number of aromatic amines is 1. The third kappa shape index (κ3) is 3.75. The van der Waals surface area contributed by atoms with Crippen LogP contribution in [0.3, 0.4) is 0 Å². The van der Waals surface area contributed by atoms with E-state index >= 15 is 0 Å². The smallest absolute Gasteiger partial charge is 0.166 e. The van der Waals surface area contributed by atoms with E-state index in [0.29, 0.717) is 12.0 Å². The lowest BCUT2D eigenvalue weighted by atomic mass is 10.2. The minimum absolute atomic E-state index is 0.559. The number of hydrogen-bond acceptors (Lipinski definition) is 3. The molecule has 4 heteroatoms. The second-order valence-corrected chi connectivity index (χ2v) is 6.05. The summed E-state index contributed by atoms with van der Waals surface area (Å²) >= 11 is 1.80. The predicted molar refractivity (Wildman–Crippen MR) is 79.1 cm³/mol. The molecular formula is C14H21N3S. The molecule has 98 valence electrons. The lowest BCUT2D eigenvalue weighted by Gasteiger charge is -2.13. The van der Waals surface area contributed by atoms with Gasteiger partial charge in [-0.3, -0.25) is 0 Å². The molecule has 0 saturated carbocycles. The van der Waals surface area contributed by atoms with Gasteiger partial charge in [-0.1, -0.05) is 44.7 Å². The maximum atomic E-state index is 4.57. The molecule has 2 rings (SSSR count). The van der Waals surface area contributed by atoms with E-state index in [4.69, 9.17) is 0 Å². The number of fused-ring (bicyclic) bond motifs is 1. The molecule has 0 saturated heterocycles. The minimum atomic E-state index is 0.559. The average Bonchev–Trinajstić information content (AvgIpc) is 2.76. The van der Waals surface area contributed by atoms with E-state index in [2.05, 4.69) is 42.1 Å². The summed E-state index contributed by atoms with van der Waals surface area (Å²) < 4.78 is 0. The molecule has 1 atom stereocenters. The van der Waals surface area contributed by atoms with E-state index in [0.717, 1.165) is 28.5 Å². The maximum Gasteiger partial charge on any atom is 0.166 e. The Hall–Kier alpha value is -1.00. The molecule has 2 aromatic rings. The van der Waals surface area contributed by atoms with Crippen molar-refractivity contribution in [2.24, 2.45) is 5.92 Å². The lowest BCUT2D eigenvalue weighted by molar-refractivity contribution is 0.510. The molecule has 0 bridgehead atoms. The maximum absolute atomic E-state index is 4.57. The first-order valence-corrected chi connectivity index (χ1v) is 7.44. The van der Waals surface area contributed by atoms with Gasteiger partial charge in [0.15, 0.2) is 5.16 Å². The Morgan fingerprint density at radius 2 is 2.06 bits per heavy atom. The van der Waals surface area contributed by atoms with Crippen LogP contribution in [0.2, 0.25) is 0 Å². The van der Waals surface area contributed by atoms with Gasteiger partial charge >= 0.3 is 0 Å². The highest BCUT2D eigenvalue weighted by Gasteiger charge is 2.07. The number of aromatic nitrogens is 2. The predicted octanol–water partition coefficient (Wildman–Crippen LogP) is 3.29. The van der Waals surface area contributed by atoms with Gasteiger partial charge in [0.25, 0.3) is 0 Å². The number of thioether (sulfide) groups is 1. The van der Waals surface area contributed by atoms with Crippen LogP contribution in [0.25, 0.3) is 11.0 Å². The molecule has 0 aliphatic rings. The number of imidazole rings is 1. The van der Waals surface area contributed by atoms with E-state index < -0.39 is 0 Å². The Kier molecular flexibility index (Phi) is 4.66. The molecule has 1 unspecified atom stereocenters. The fraction of sp³-hybridized carbons (Fsp3) is 0.500. The zero-order chi connectivity index (χ0) is 13.0. The van der Waals surface area contributed by atoms with Crippen molar-refractivity contribution in [3.05, 3.63) is 24.3 Å². The van der Waals surface area contributed by atoms with E-state index in [1.165, 1.54) is 0 Å². The lowest BCUT2D eigenvalue weighted by Crippen LogP contribution is -2.28. The topological polar surface area (TPSA) is 40.7 Å². The fourth-order valence-corrected chi connectivity index (χ4v) is 2.62. The number of benzene rings is 1. The van der Waals surface area contributed by atoms with Gasteiger partial charge in [0, 0.05) is 11.8 Å². The van der Waals surface area contributed by atoms with E-state index in [9.17, 15) is 0 Å². The van der Waals surface area contributed by atoms with E-state index in [1.807, 2.05) is 18.2 Å². The first-order valence-electron chi connectivity index (χ1n) is 6.46. The number of para-hydroxylation sites is 2. The summed E-state index contributed by atoms with van der Waals surface area (Å²) in [5.41, 5.74) is 2.17. The quantitative estimate of drug-likeness (QED) is 0.786. The molecule has 0 spiro atoms. The second kappa shape index (κ2) is 6.25. The molecular weight excluding hydrogens is 242 g/mol. The van der Waals surface area contributed by atoms with Gasteiger partial charge in [0.05, 0.1) is 11.0 Å². The van der Waals surface area contributed by atoms with Crippen LogP contribution in [0.1, 0.15) is 20.8 Å². The summed E-state index contributed by atoms with van der Waals surface area (Å²) in [7, 11) is 0. The summed E-state index contributed by atoms with van der Waals surface area (Å²) in [6.45, 7) is 7.69. The van der Waals surface area contributed by atoms with Gasteiger partial charge in [-0.05, 0) is 24.6 Å². The van der Waals surface area contributed by atoms with Gasteiger partial charge in [-0.25, -0.2) is 4.98 Å². The molecule has 1 heterocycles. The van der Waals surface area contributed by atoms with Crippen molar-refractivity contribution in [1.29, 1.82) is 0 Å². The van der Waals surface area contributed by atoms with Crippen LogP contribution in [0, 0.1) is 5.92 Å². The fourth-order valence-electron chi connectivity index (χ4n) is 1.71. The molecule has 18 heavy (non-hydrogen) atoms. The first kappa shape index (κ1) is 13.4. The molecule has 1 aromatic carbocycles. The van der Waals surface area contributed by atoms with Gasteiger partial charge in [0.2, 0.25) is 0 Å². The van der Waals surface area contributed by atoms with Crippen LogP contribution in [0.15, 0.2) is 29.4 Å². The third-order valence-electron chi connectivity index (χ3n) is 2.75. The number of hydrogen-bond donors (Lipinski definition) is 2. The van der Waals surface area contributed by atoms with Crippen LogP contribution >= 0.6 is 11.8 Å². The van der Waals surface area contributed by atoms with Crippen molar-refractivity contribution in [3.63, 3.8) is 0 Å². The number of H-pyrrole nitrogens is 1. The van der Waals surface area contributed by atoms with E-state index in [1.54, 1.807) is 11.8 Å². The molecule has 3 nitrogen and oxygen atoms in total. The second-order valence-electron chi connectivity index (χ2n) is 5.04. The highest BCUT2D eigenvalue weighted by Crippen LogP contribution is 2.21. The summed E-state index contributed by atoms with van der Waals surface area (Å²) in [5.74, 6) is 1.73. The molecule has 1 aromatic heterocycles. The van der Waals surface area contributed by atoms with Gasteiger partial charge in [-0.15, -0.1) is 0 Å². The van der Waals surface area contributed by atoms with Crippen LogP contribution in [-0.2, 0) is 0 Å². The number of nitrogens with one attached hydrogen (secondary N) is 2. The van der Waals surface area contributed by atoms with Crippen molar-refractivity contribution < 1.29 is 0 Å². The highest BCUT2D eigenvalue weighted by molar-refractivity contribution is 7.99. The van der Waals surface area contributed by atoms with Gasteiger partial charge in [0.1, 0.15) is 0 Å². The monoisotopic (exact) mass is 263 g/mol.